The zero-order chi connectivity index (χ0) is 18.4. The SMILES string of the molecule is O=C(/C=C/c1ccc(S(=O)(=O)N2CCCCCC2)cc1)N1CCCCC1. The Kier molecular flexibility index (Phi) is 6.48. The van der Waals surface area contributed by atoms with Crippen molar-refractivity contribution < 1.29 is 13.2 Å². The summed E-state index contributed by atoms with van der Waals surface area (Å²) in [5.74, 6) is 0.0333. The molecule has 2 fully saturated rings. The highest BCUT2D eigenvalue weighted by Crippen LogP contribution is 2.21. The van der Waals surface area contributed by atoms with Gasteiger partial charge in [-0.25, -0.2) is 8.42 Å². The number of likely N-dealkylation sites (tertiary alicyclic amines) is 1. The molecule has 6 heteroatoms. The molecule has 2 saturated heterocycles. The van der Waals surface area contributed by atoms with Gasteiger partial charge >= 0.3 is 0 Å². The first-order valence-electron chi connectivity index (χ1n) is 9.64. The molecule has 0 spiro atoms. The molecule has 2 aliphatic rings. The van der Waals surface area contributed by atoms with Gasteiger partial charge in [-0.05, 0) is 55.9 Å². The number of benzene rings is 1. The third kappa shape index (κ3) is 4.74. The third-order valence-electron chi connectivity index (χ3n) is 5.17. The van der Waals surface area contributed by atoms with Gasteiger partial charge in [0.1, 0.15) is 0 Å². The standard InChI is InChI=1S/C20H28N2O3S/c23-20(21-14-4-3-5-15-21)13-10-18-8-11-19(12-9-18)26(24,25)22-16-6-1-2-7-17-22/h8-13H,1-7,14-17H2/b13-10+. The summed E-state index contributed by atoms with van der Waals surface area (Å²) >= 11 is 0. The average Bonchev–Trinajstić information content (AvgIpc) is 2.97. The lowest BCUT2D eigenvalue weighted by molar-refractivity contribution is -0.126. The second-order valence-electron chi connectivity index (χ2n) is 7.11. The van der Waals surface area contributed by atoms with Gasteiger partial charge in [0.25, 0.3) is 0 Å². The Morgan fingerprint density at radius 1 is 0.808 bits per heavy atom. The number of amides is 1. The van der Waals surface area contributed by atoms with Gasteiger partial charge in [-0.1, -0.05) is 25.0 Å². The summed E-state index contributed by atoms with van der Waals surface area (Å²) in [4.78, 5) is 14.4. The van der Waals surface area contributed by atoms with Gasteiger partial charge in [0, 0.05) is 32.3 Å². The number of piperidine rings is 1. The number of carbonyl (C=O) groups excluding carboxylic acids is 1. The Labute approximate surface area is 156 Å². The summed E-state index contributed by atoms with van der Waals surface area (Å²) < 4.78 is 27.1. The number of nitrogens with zero attached hydrogens (tertiary/aromatic N) is 2. The summed E-state index contributed by atoms with van der Waals surface area (Å²) in [5.41, 5.74) is 0.838. The molecule has 0 aromatic heterocycles. The van der Waals surface area contributed by atoms with Gasteiger partial charge in [-0.2, -0.15) is 4.31 Å². The van der Waals surface area contributed by atoms with Gasteiger partial charge in [0.05, 0.1) is 4.90 Å². The van der Waals surface area contributed by atoms with Crippen LogP contribution in [0.5, 0.6) is 0 Å². The molecule has 142 valence electrons. The fourth-order valence-electron chi connectivity index (χ4n) is 3.57. The normalized spacial score (nSPS) is 20.2. The largest absolute Gasteiger partial charge is 0.339 e. The molecule has 0 atom stereocenters. The highest BCUT2D eigenvalue weighted by molar-refractivity contribution is 7.89. The van der Waals surface area contributed by atoms with Crippen molar-refractivity contribution in [2.45, 2.75) is 49.8 Å². The smallest absolute Gasteiger partial charge is 0.246 e. The van der Waals surface area contributed by atoms with E-state index in [0.717, 1.165) is 57.2 Å². The van der Waals surface area contributed by atoms with E-state index in [9.17, 15) is 13.2 Å². The van der Waals surface area contributed by atoms with Crippen LogP contribution >= 0.6 is 0 Å². The molecule has 0 unspecified atom stereocenters. The van der Waals surface area contributed by atoms with Crippen LogP contribution in [-0.2, 0) is 14.8 Å². The van der Waals surface area contributed by atoms with Crippen molar-refractivity contribution in [2.24, 2.45) is 0 Å². The lowest BCUT2D eigenvalue weighted by Crippen LogP contribution is -2.34. The van der Waals surface area contributed by atoms with Gasteiger partial charge < -0.3 is 4.90 Å². The van der Waals surface area contributed by atoms with Crippen molar-refractivity contribution in [1.29, 1.82) is 0 Å². The molecule has 2 aliphatic heterocycles. The molecule has 0 saturated carbocycles. The van der Waals surface area contributed by atoms with E-state index in [1.807, 2.05) is 4.90 Å². The summed E-state index contributed by atoms with van der Waals surface area (Å²) in [6, 6.07) is 6.83. The quantitative estimate of drug-likeness (QED) is 0.758. The Bertz CT molecular complexity index is 727. The van der Waals surface area contributed by atoms with Crippen LogP contribution in [0.4, 0.5) is 0 Å². The molecule has 1 aromatic rings. The molecule has 5 nitrogen and oxygen atoms in total. The van der Waals surface area contributed by atoms with Crippen molar-refractivity contribution in [1.82, 2.24) is 9.21 Å². The van der Waals surface area contributed by atoms with Crippen molar-refractivity contribution in [2.75, 3.05) is 26.2 Å². The van der Waals surface area contributed by atoms with E-state index >= 15 is 0 Å². The zero-order valence-corrected chi connectivity index (χ0v) is 16.1. The van der Waals surface area contributed by atoms with Crippen molar-refractivity contribution >= 4 is 22.0 Å². The lowest BCUT2D eigenvalue weighted by atomic mass is 10.1. The fourth-order valence-corrected chi connectivity index (χ4v) is 5.09. The van der Waals surface area contributed by atoms with Gasteiger partial charge in [-0.15, -0.1) is 0 Å². The first kappa shape index (κ1) is 19.1. The minimum absolute atomic E-state index is 0.0333. The number of carbonyl (C=O) groups is 1. The molecular formula is C20H28N2O3S. The zero-order valence-electron chi connectivity index (χ0n) is 15.3. The fraction of sp³-hybridized carbons (Fsp3) is 0.550. The van der Waals surface area contributed by atoms with Crippen LogP contribution in [0.3, 0.4) is 0 Å². The van der Waals surface area contributed by atoms with Crippen LogP contribution < -0.4 is 0 Å². The van der Waals surface area contributed by atoms with Gasteiger partial charge in [0.2, 0.25) is 15.9 Å². The molecule has 0 radical (unpaired) electrons. The van der Waals surface area contributed by atoms with E-state index in [1.165, 1.54) is 6.42 Å². The molecule has 0 aliphatic carbocycles. The number of hydrogen-bond donors (Lipinski definition) is 0. The number of hydrogen-bond acceptors (Lipinski definition) is 3. The monoisotopic (exact) mass is 376 g/mol. The van der Waals surface area contributed by atoms with Crippen molar-refractivity contribution in [3.05, 3.63) is 35.9 Å². The van der Waals surface area contributed by atoms with E-state index in [2.05, 4.69) is 0 Å². The summed E-state index contributed by atoms with van der Waals surface area (Å²) in [6.07, 6.45) is 10.7. The average molecular weight is 377 g/mol. The van der Waals surface area contributed by atoms with E-state index < -0.39 is 10.0 Å². The summed E-state index contributed by atoms with van der Waals surface area (Å²) in [5, 5.41) is 0. The Balaban J connectivity index is 1.65. The summed E-state index contributed by atoms with van der Waals surface area (Å²) in [6.45, 7) is 2.87. The Morgan fingerprint density at radius 2 is 1.35 bits per heavy atom. The Hall–Kier alpha value is -1.66. The topological polar surface area (TPSA) is 57.7 Å². The first-order chi connectivity index (χ1) is 12.6. The molecule has 3 rings (SSSR count). The van der Waals surface area contributed by atoms with E-state index in [4.69, 9.17) is 0 Å². The maximum Gasteiger partial charge on any atom is 0.246 e. The van der Waals surface area contributed by atoms with Crippen molar-refractivity contribution in [3.63, 3.8) is 0 Å². The molecule has 0 N–H and O–H groups in total. The van der Waals surface area contributed by atoms with E-state index in [-0.39, 0.29) is 5.91 Å². The highest BCUT2D eigenvalue weighted by atomic mass is 32.2. The predicted molar refractivity (Wildman–Crippen MR) is 103 cm³/mol. The minimum atomic E-state index is -3.42. The first-order valence-corrected chi connectivity index (χ1v) is 11.1. The molecule has 0 bridgehead atoms. The Morgan fingerprint density at radius 3 is 1.96 bits per heavy atom. The van der Waals surface area contributed by atoms with Crippen LogP contribution in [0.1, 0.15) is 50.5 Å². The molecule has 1 amide bonds. The number of sulfonamides is 1. The van der Waals surface area contributed by atoms with Gasteiger partial charge in [0.15, 0.2) is 0 Å². The van der Waals surface area contributed by atoms with Crippen LogP contribution in [0.15, 0.2) is 35.2 Å². The van der Waals surface area contributed by atoms with Crippen LogP contribution in [0.2, 0.25) is 0 Å². The predicted octanol–water partition coefficient (Wildman–Crippen LogP) is 3.28. The second-order valence-corrected chi connectivity index (χ2v) is 9.04. The molecule has 2 heterocycles. The van der Waals surface area contributed by atoms with Crippen LogP contribution in [0, 0.1) is 0 Å². The summed E-state index contributed by atoms with van der Waals surface area (Å²) in [7, 11) is -3.42. The second kappa shape index (κ2) is 8.82. The lowest BCUT2D eigenvalue weighted by Gasteiger charge is -2.25. The van der Waals surface area contributed by atoms with Crippen LogP contribution in [-0.4, -0.2) is 49.7 Å². The van der Waals surface area contributed by atoms with E-state index in [0.29, 0.717) is 18.0 Å². The molecule has 1 aromatic carbocycles. The molecule has 26 heavy (non-hydrogen) atoms. The maximum atomic E-state index is 12.8. The third-order valence-corrected chi connectivity index (χ3v) is 7.08. The van der Waals surface area contributed by atoms with E-state index in [1.54, 1.807) is 40.7 Å². The highest BCUT2D eigenvalue weighted by Gasteiger charge is 2.24. The minimum Gasteiger partial charge on any atom is -0.339 e. The number of rotatable bonds is 4. The van der Waals surface area contributed by atoms with Crippen molar-refractivity contribution in [3.8, 4) is 0 Å². The van der Waals surface area contributed by atoms with Gasteiger partial charge in [-0.3, -0.25) is 4.79 Å². The maximum absolute atomic E-state index is 12.8. The molecular weight excluding hydrogens is 348 g/mol. The van der Waals surface area contributed by atoms with Crippen LogP contribution in [0.25, 0.3) is 6.08 Å².